The summed E-state index contributed by atoms with van der Waals surface area (Å²) in [6, 6.07) is 4.69. The van der Waals surface area contributed by atoms with Gasteiger partial charge in [0.05, 0.1) is 7.11 Å². The molecule has 0 amide bonds. The monoisotopic (exact) mass is 298 g/mol. The molecule has 1 heterocycles. The lowest BCUT2D eigenvalue weighted by Gasteiger charge is -2.27. The number of nitrogen functional groups attached to an aromatic ring is 1. The van der Waals surface area contributed by atoms with E-state index in [4.69, 9.17) is 10.5 Å². The summed E-state index contributed by atoms with van der Waals surface area (Å²) in [6.45, 7) is 2.53. The number of hydrogen-bond donors (Lipinski definition) is 1. The number of anilines is 1. The van der Waals surface area contributed by atoms with Gasteiger partial charge in [-0.05, 0) is 31.9 Å². The predicted molar refractivity (Wildman–Crippen MR) is 79.2 cm³/mol. The molecule has 0 saturated carbocycles. The van der Waals surface area contributed by atoms with Crippen LogP contribution < -0.4 is 10.5 Å². The Morgan fingerprint density at radius 2 is 2.05 bits per heavy atom. The first-order chi connectivity index (χ1) is 9.46. The summed E-state index contributed by atoms with van der Waals surface area (Å²) < 4.78 is 32.5. The van der Waals surface area contributed by atoms with Crippen molar-refractivity contribution in [1.82, 2.24) is 4.31 Å². The van der Waals surface area contributed by atoms with Gasteiger partial charge in [0.15, 0.2) is 0 Å². The van der Waals surface area contributed by atoms with Crippen LogP contribution in [0.3, 0.4) is 0 Å². The first-order valence-corrected chi connectivity index (χ1v) is 8.36. The second kappa shape index (κ2) is 6.01. The maximum Gasteiger partial charge on any atom is 0.247 e. The minimum Gasteiger partial charge on any atom is -0.495 e. The summed E-state index contributed by atoms with van der Waals surface area (Å²) in [7, 11) is -2.08. The Labute approximate surface area is 120 Å². The zero-order chi connectivity index (χ0) is 14.8. The van der Waals surface area contributed by atoms with Gasteiger partial charge in [-0.25, -0.2) is 8.42 Å². The molecule has 6 heteroatoms. The van der Waals surface area contributed by atoms with Crippen molar-refractivity contribution in [2.45, 2.75) is 43.5 Å². The van der Waals surface area contributed by atoms with Gasteiger partial charge in [0.25, 0.3) is 0 Å². The molecule has 1 unspecified atom stereocenters. The molecule has 2 N–H and O–H groups in total. The van der Waals surface area contributed by atoms with E-state index in [2.05, 4.69) is 0 Å². The van der Waals surface area contributed by atoms with Crippen molar-refractivity contribution in [1.29, 1.82) is 0 Å². The second-order valence-corrected chi connectivity index (χ2v) is 7.08. The van der Waals surface area contributed by atoms with Crippen LogP contribution >= 0.6 is 0 Å². The molecule has 0 bridgehead atoms. The molecule has 2 rings (SSSR count). The lowest BCUT2D eigenvalue weighted by Crippen LogP contribution is -2.38. The Kier molecular flexibility index (Phi) is 4.55. The van der Waals surface area contributed by atoms with Crippen LogP contribution in [0.15, 0.2) is 23.1 Å². The van der Waals surface area contributed by atoms with Gasteiger partial charge in [0, 0.05) is 24.3 Å². The van der Waals surface area contributed by atoms with Crippen LogP contribution in [-0.2, 0) is 10.0 Å². The Balaban J connectivity index is 2.43. The van der Waals surface area contributed by atoms with Crippen molar-refractivity contribution < 1.29 is 13.2 Å². The maximum absolute atomic E-state index is 12.8. The summed E-state index contributed by atoms with van der Waals surface area (Å²) in [5.41, 5.74) is 6.18. The topological polar surface area (TPSA) is 72.6 Å². The van der Waals surface area contributed by atoms with Crippen LogP contribution in [0.4, 0.5) is 5.69 Å². The van der Waals surface area contributed by atoms with Gasteiger partial charge in [-0.3, -0.25) is 0 Å². The normalized spacial score (nSPS) is 21.4. The van der Waals surface area contributed by atoms with E-state index in [0.29, 0.717) is 18.0 Å². The lowest BCUT2D eigenvalue weighted by atomic mass is 10.1. The fourth-order valence-corrected chi connectivity index (χ4v) is 4.47. The highest BCUT2D eigenvalue weighted by atomic mass is 32.2. The van der Waals surface area contributed by atoms with Crippen molar-refractivity contribution in [3.63, 3.8) is 0 Å². The van der Waals surface area contributed by atoms with Crippen molar-refractivity contribution in [2.75, 3.05) is 19.4 Å². The SMILES string of the molecule is COc1cc(N)ccc1S(=O)(=O)N1CCCCCC1C. The fraction of sp³-hybridized carbons (Fsp3) is 0.571. The number of methoxy groups -OCH3 is 1. The van der Waals surface area contributed by atoms with E-state index in [0.717, 1.165) is 25.7 Å². The average Bonchev–Trinajstić information content (AvgIpc) is 2.63. The van der Waals surface area contributed by atoms with Gasteiger partial charge >= 0.3 is 0 Å². The molecule has 0 spiro atoms. The summed E-state index contributed by atoms with van der Waals surface area (Å²) in [6.07, 6.45) is 3.96. The van der Waals surface area contributed by atoms with Gasteiger partial charge < -0.3 is 10.5 Å². The minimum absolute atomic E-state index is 0.0183. The van der Waals surface area contributed by atoms with Gasteiger partial charge in [-0.2, -0.15) is 4.31 Å². The molecule has 20 heavy (non-hydrogen) atoms. The highest BCUT2D eigenvalue weighted by Crippen LogP contribution is 2.31. The van der Waals surface area contributed by atoms with Crippen LogP contribution in [0.25, 0.3) is 0 Å². The highest BCUT2D eigenvalue weighted by Gasteiger charge is 2.32. The maximum atomic E-state index is 12.8. The summed E-state index contributed by atoms with van der Waals surface area (Å²) >= 11 is 0. The lowest BCUT2D eigenvalue weighted by molar-refractivity contribution is 0.338. The molecule has 1 aromatic carbocycles. The number of benzene rings is 1. The molecule has 0 aliphatic carbocycles. The van der Waals surface area contributed by atoms with E-state index < -0.39 is 10.0 Å². The molecule has 0 aromatic heterocycles. The Morgan fingerprint density at radius 1 is 1.30 bits per heavy atom. The molecule has 1 saturated heterocycles. The number of rotatable bonds is 3. The van der Waals surface area contributed by atoms with E-state index in [1.54, 1.807) is 16.4 Å². The third kappa shape index (κ3) is 2.91. The fourth-order valence-electron chi connectivity index (χ4n) is 2.63. The largest absolute Gasteiger partial charge is 0.495 e. The second-order valence-electron chi connectivity index (χ2n) is 5.22. The quantitative estimate of drug-likeness (QED) is 0.869. The average molecular weight is 298 g/mol. The molecule has 0 radical (unpaired) electrons. The van der Waals surface area contributed by atoms with E-state index in [9.17, 15) is 8.42 Å². The van der Waals surface area contributed by atoms with Gasteiger partial charge in [0.2, 0.25) is 10.0 Å². The minimum atomic E-state index is -3.54. The van der Waals surface area contributed by atoms with Crippen LogP contribution in [-0.4, -0.2) is 32.4 Å². The molecule has 1 aliphatic rings. The van der Waals surface area contributed by atoms with Crippen LogP contribution in [0.2, 0.25) is 0 Å². The van der Waals surface area contributed by atoms with Gasteiger partial charge in [-0.1, -0.05) is 12.8 Å². The first kappa shape index (κ1) is 15.1. The third-order valence-electron chi connectivity index (χ3n) is 3.77. The number of nitrogens with zero attached hydrogens (tertiary/aromatic N) is 1. The summed E-state index contributed by atoms with van der Waals surface area (Å²) in [5, 5.41) is 0. The van der Waals surface area contributed by atoms with Crippen LogP contribution in [0, 0.1) is 0 Å². The van der Waals surface area contributed by atoms with Gasteiger partial charge in [-0.15, -0.1) is 0 Å². The van der Waals surface area contributed by atoms with E-state index in [1.165, 1.54) is 13.2 Å². The Bertz CT molecular complexity index is 572. The number of nitrogens with two attached hydrogens (primary N) is 1. The molecule has 1 atom stereocenters. The van der Waals surface area contributed by atoms with Crippen LogP contribution in [0.5, 0.6) is 5.75 Å². The molecule has 5 nitrogen and oxygen atoms in total. The summed E-state index contributed by atoms with van der Waals surface area (Å²) in [5.74, 6) is 0.307. The smallest absolute Gasteiger partial charge is 0.247 e. The Morgan fingerprint density at radius 3 is 2.75 bits per heavy atom. The number of hydrogen-bond acceptors (Lipinski definition) is 4. The number of ether oxygens (including phenoxy) is 1. The summed E-state index contributed by atoms with van der Waals surface area (Å²) in [4.78, 5) is 0.197. The molecule has 1 aromatic rings. The number of sulfonamides is 1. The van der Waals surface area contributed by atoms with Gasteiger partial charge in [0.1, 0.15) is 10.6 Å². The van der Waals surface area contributed by atoms with Crippen molar-refractivity contribution >= 4 is 15.7 Å². The molecular weight excluding hydrogens is 276 g/mol. The van der Waals surface area contributed by atoms with Crippen molar-refractivity contribution in [2.24, 2.45) is 0 Å². The highest BCUT2D eigenvalue weighted by molar-refractivity contribution is 7.89. The van der Waals surface area contributed by atoms with Crippen molar-refractivity contribution in [3.05, 3.63) is 18.2 Å². The first-order valence-electron chi connectivity index (χ1n) is 6.92. The predicted octanol–water partition coefficient (Wildman–Crippen LogP) is 2.23. The molecular formula is C14H22N2O3S. The Hall–Kier alpha value is -1.27. The van der Waals surface area contributed by atoms with E-state index in [-0.39, 0.29) is 10.9 Å². The molecule has 1 fully saturated rings. The molecule has 112 valence electrons. The van der Waals surface area contributed by atoms with E-state index >= 15 is 0 Å². The standard InChI is InChI=1S/C14H22N2O3S/c1-11-6-4-3-5-9-16(11)20(17,18)14-8-7-12(15)10-13(14)19-2/h7-8,10-11H,3-6,9,15H2,1-2H3. The molecule has 1 aliphatic heterocycles. The zero-order valence-corrected chi connectivity index (χ0v) is 12.8. The third-order valence-corrected chi connectivity index (χ3v) is 5.82. The van der Waals surface area contributed by atoms with E-state index in [1.807, 2.05) is 6.92 Å². The van der Waals surface area contributed by atoms with Crippen LogP contribution in [0.1, 0.15) is 32.6 Å². The van der Waals surface area contributed by atoms with Crippen molar-refractivity contribution in [3.8, 4) is 5.75 Å². The zero-order valence-electron chi connectivity index (χ0n) is 12.0.